The lowest BCUT2D eigenvalue weighted by Gasteiger charge is -2.08. The average molecular weight is 360 g/mol. The molecule has 0 heterocycles. The summed E-state index contributed by atoms with van der Waals surface area (Å²) in [5, 5.41) is 3.09. The summed E-state index contributed by atoms with van der Waals surface area (Å²) in [6, 6.07) is 15.7. The van der Waals surface area contributed by atoms with Crippen molar-refractivity contribution in [1.82, 2.24) is 16.2 Å². The van der Waals surface area contributed by atoms with Crippen molar-refractivity contribution in [2.45, 2.75) is 12.8 Å². The number of carbonyl (C=O) groups excluding carboxylic acids is 3. The topological polar surface area (TPSA) is 87.3 Å². The number of benzene rings is 2. The highest BCUT2D eigenvalue weighted by atomic mass is 35.5. The monoisotopic (exact) mass is 359 g/mol. The minimum absolute atomic E-state index is 0.0519. The van der Waals surface area contributed by atoms with E-state index in [1.807, 2.05) is 30.3 Å². The SMILES string of the molecule is O=C(Cc1ccccc1)NCCC(=O)NNC(=O)c1cccc(Cl)c1. The fourth-order valence-electron chi connectivity index (χ4n) is 2.05. The van der Waals surface area contributed by atoms with Crippen LogP contribution in [-0.4, -0.2) is 24.3 Å². The van der Waals surface area contributed by atoms with Crippen molar-refractivity contribution in [2.24, 2.45) is 0 Å². The summed E-state index contributed by atoms with van der Waals surface area (Å²) >= 11 is 5.80. The van der Waals surface area contributed by atoms with E-state index in [2.05, 4.69) is 16.2 Å². The van der Waals surface area contributed by atoms with Crippen LogP contribution in [0.4, 0.5) is 0 Å². The van der Waals surface area contributed by atoms with Gasteiger partial charge in [-0.2, -0.15) is 0 Å². The van der Waals surface area contributed by atoms with Crippen LogP contribution in [-0.2, 0) is 16.0 Å². The Bertz CT molecular complexity index is 750. The van der Waals surface area contributed by atoms with Gasteiger partial charge in [-0.25, -0.2) is 0 Å². The van der Waals surface area contributed by atoms with Crippen LogP contribution < -0.4 is 16.2 Å². The van der Waals surface area contributed by atoms with Crippen LogP contribution in [0.1, 0.15) is 22.3 Å². The lowest BCUT2D eigenvalue weighted by molar-refractivity contribution is -0.122. The number of halogens is 1. The minimum Gasteiger partial charge on any atom is -0.355 e. The van der Waals surface area contributed by atoms with E-state index in [0.717, 1.165) is 5.56 Å². The summed E-state index contributed by atoms with van der Waals surface area (Å²) in [7, 11) is 0. The highest BCUT2D eigenvalue weighted by Gasteiger charge is 2.08. The Morgan fingerprint density at radius 3 is 2.36 bits per heavy atom. The third kappa shape index (κ3) is 6.64. The average Bonchev–Trinajstić information content (AvgIpc) is 2.60. The predicted molar refractivity (Wildman–Crippen MR) is 94.8 cm³/mol. The Morgan fingerprint density at radius 1 is 0.880 bits per heavy atom. The summed E-state index contributed by atoms with van der Waals surface area (Å²) < 4.78 is 0. The fraction of sp³-hybridized carbons (Fsp3) is 0.167. The molecule has 0 aliphatic heterocycles. The van der Waals surface area contributed by atoms with Crippen molar-refractivity contribution in [1.29, 1.82) is 0 Å². The molecule has 6 nitrogen and oxygen atoms in total. The van der Waals surface area contributed by atoms with Gasteiger partial charge in [-0.15, -0.1) is 0 Å². The molecule has 0 aliphatic carbocycles. The normalized spacial score (nSPS) is 9.96. The minimum atomic E-state index is -0.469. The van der Waals surface area contributed by atoms with Crippen molar-refractivity contribution >= 4 is 29.3 Å². The first-order valence-electron chi connectivity index (χ1n) is 7.70. The van der Waals surface area contributed by atoms with E-state index < -0.39 is 11.8 Å². The van der Waals surface area contributed by atoms with Crippen LogP contribution in [0.25, 0.3) is 0 Å². The molecule has 0 atom stereocenters. The number of hydrogen-bond acceptors (Lipinski definition) is 3. The number of rotatable bonds is 6. The van der Waals surface area contributed by atoms with E-state index >= 15 is 0 Å². The first kappa shape index (κ1) is 18.5. The first-order valence-corrected chi connectivity index (χ1v) is 8.08. The zero-order valence-electron chi connectivity index (χ0n) is 13.4. The van der Waals surface area contributed by atoms with Crippen LogP contribution >= 0.6 is 11.6 Å². The molecule has 25 heavy (non-hydrogen) atoms. The summed E-state index contributed by atoms with van der Waals surface area (Å²) in [6.45, 7) is 0.185. The molecule has 130 valence electrons. The second kappa shape index (κ2) is 9.44. The highest BCUT2D eigenvalue weighted by molar-refractivity contribution is 6.30. The number of nitrogens with one attached hydrogen (secondary N) is 3. The van der Waals surface area contributed by atoms with Gasteiger partial charge in [0.05, 0.1) is 6.42 Å². The second-order valence-corrected chi connectivity index (χ2v) is 5.71. The molecule has 3 amide bonds. The van der Waals surface area contributed by atoms with Gasteiger partial charge < -0.3 is 5.32 Å². The molecule has 0 unspecified atom stereocenters. The van der Waals surface area contributed by atoms with Crippen molar-refractivity contribution < 1.29 is 14.4 Å². The van der Waals surface area contributed by atoms with Crippen LogP contribution in [0.15, 0.2) is 54.6 Å². The molecule has 0 fully saturated rings. The lowest BCUT2D eigenvalue weighted by Crippen LogP contribution is -2.42. The van der Waals surface area contributed by atoms with Gasteiger partial charge in [0.15, 0.2) is 0 Å². The molecule has 0 saturated heterocycles. The summed E-state index contributed by atoms with van der Waals surface area (Å²) in [6.07, 6.45) is 0.310. The third-order valence-corrected chi connectivity index (χ3v) is 3.52. The van der Waals surface area contributed by atoms with Crippen molar-refractivity contribution in [3.63, 3.8) is 0 Å². The molecule has 2 aromatic rings. The Morgan fingerprint density at radius 2 is 1.64 bits per heavy atom. The Balaban J connectivity index is 1.65. The standard InChI is InChI=1S/C18H18ClN3O3/c19-15-8-4-7-14(12-15)18(25)22-21-16(23)9-10-20-17(24)11-13-5-2-1-3-6-13/h1-8,12H,9-11H2,(H,20,24)(H,21,23)(H,22,25). The fourth-order valence-corrected chi connectivity index (χ4v) is 2.24. The van der Waals surface area contributed by atoms with Gasteiger partial charge in [0.2, 0.25) is 11.8 Å². The predicted octanol–water partition coefficient (Wildman–Crippen LogP) is 1.85. The van der Waals surface area contributed by atoms with E-state index in [9.17, 15) is 14.4 Å². The lowest BCUT2D eigenvalue weighted by atomic mass is 10.1. The number of amides is 3. The highest BCUT2D eigenvalue weighted by Crippen LogP contribution is 2.10. The van der Waals surface area contributed by atoms with E-state index in [4.69, 9.17) is 11.6 Å². The van der Waals surface area contributed by atoms with Gasteiger partial charge in [0.25, 0.3) is 5.91 Å². The van der Waals surface area contributed by atoms with Gasteiger partial charge in [0, 0.05) is 23.6 Å². The molecule has 2 aromatic carbocycles. The summed E-state index contributed by atoms with van der Waals surface area (Å²) in [4.78, 5) is 35.3. The molecule has 0 aromatic heterocycles. The molecule has 7 heteroatoms. The van der Waals surface area contributed by atoms with Gasteiger partial charge in [-0.3, -0.25) is 25.2 Å². The van der Waals surface area contributed by atoms with E-state index in [-0.39, 0.29) is 25.3 Å². The number of hydrazine groups is 1. The maximum Gasteiger partial charge on any atom is 0.269 e. The van der Waals surface area contributed by atoms with Crippen molar-refractivity contribution in [3.8, 4) is 0 Å². The second-order valence-electron chi connectivity index (χ2n) is 5.27. The van der Waals surface area contributed by atoms with Gasteiger partial charge >= 0.3 is 0 Å². The molecule has 0 spiro atoms. The summed E-state index contributed by atoms with van der Waals surface area (Å²) in [5.74, 6) is -1.04. The quantitative estimate of drug-likeness (QED) is 0.688. The molecule has 0 aliphatic rings. The third-order valence-electron chi connectivity index (χ3n) is 3.28. The number of carbonyl (C=O) groups is 3. The van der Waals surface area contributed by atoms with E-state index in [1.165, 1.54) is 6.07 Å². The molecule has 3 N–H and O–H groups in total. The van der Waals surface area contributed by atoms with Crippen LogP contribution in [0, 0.1) is 0 Å². The molecule has 2 rings (SSSR count). The zero-order valence-corrected chi connectivity index (χ0v) is 14.2. The van der Waals surface area contributed by atoms with Crippen molar-refractivity contribution in [2.75, 3.05) is 6.54 Å². The van der Waals surface area contributed by atoms with Crippen LogP contribution in [0.5, 0.6) is 0 Å². The van der Waals surface area contributed by atoms with Crippen molar-refractivity contribution in [3.05, 3.63) is 70.7 Å². The van der Waals surface area contributed by atoms with E-state index in [1.54, 1.807) is 18.2 Å². The Hall–Kier alpha value is -2.86. The first-order chi connectivity index (χ1) is 12.0. The zero-order chi connectivity index (χ0) is 18.1. The molecule has 0 radical (unpaired) electrons. The number of hydrogen-bond donors (Lipinski definition) is 3. The van der Waals surface area contributed by atoms with Gasteiger partial charge in [0.1, 0.15) is 0 Å². The maximum atomic E-state index is 11.8. The largest absolute Gasteiger partial charge is 0.355 e. The Labute approximate surface area is 150 Å². The van der Waals surface area contributed by atoms with Crippen LogP contribution in [0.2, 0.25) is 5.02 Å². The molecular weight excluding hydrogens is 342 g/mol. The molecule has 0 bridgehead atoms. The van der Waals surface area contributed by atoms with Crippen LogP contribution in [0.3, 0.4) is 0 Å². The Kier molecular flexibility index (Phi) is 6.98. The van der Waals surface area contributed by atoms with Gasteiger partial charge in [-0.1, -0.05) is 48.0 Å². The van der Waals surface area contributed by atoms with E-state index in [0.29, 0.717) is 10.6 Å². The smallest absolute Gasteiger partial charge is 0.269 e. The summed E-state index contributed by atoms with van der Waals surface area (Å²) in [5.41, 5.74) is 5.82. The maximum absolute atomic E-state index is 11.8. The molecule has 0 saturated carbocycles. The molecular formula is C18H18ClN3O3. The van der Waals surface area contributed by atoms with Gasteiger partial charge in [-0.05, 0) is 23.8 Å².